The monoisotopic (exact) mass is 198 g/mol. The quantitative estimate of drug-likeness (QED) is 0.706. The zero-order valence-electron chi connectivity index (χ0n) is 9.11. The minimum atomic E-state index is 0.621. The lowest BCUT2D eigenvalue weighted by molar-refractivity contribution is 0.155. The Kier molecular flexibility index (Phi) is 3.42. The summed E-state index contributed by atoms with van der Waals surface area (Å²) in [4.78, 5) is 2.46. The molecule has 0 amide bonds. The van der Waals surface area contributed by atoms with Crippen molar-refractivity contribution in [1.29, 1.82) is 0 Å². The highest BCUT2D eigenvalue weighted by molar-refractivity contribution is 4.88. The molecule has 0 aromatic carbocycles. The van der Waals surface area contributed by atoms with Crippen molar-refractivity contribution in [2.75, 3.05) is 33.4 Å². The van der Waals surface area contributed by atoms with Gasteiger partial charge in [-0.3, -0.25) is 0 Å². The van der Waals surface area contributed by atoms with Gasteiger partial charge in [0.1, 0.15) is 0 Å². The first-order chi connectivity index (χ1) is 6.81. The van der Waals surface area contributed by atoms with E-state index in [9.17, 15) is 0 Å². The Labute approximate surface area is 86.6 Å². The lowest BCUT2D eigenvalue weighted by Gasteiger charge is -2.28. The molecule has 3 heteroatoms. The van der Waals surface area contributed by atoms with E-state index in [4.69, 9.17) is 10.5 Å². The molecular weight excluding hydrogens is 176 g/mol. The third-order valence-corrected chi connectivity index (χ3v) is 3.54. The topological polar surface area (TPSA) is 38.5 Å². The molecule has 0 radical (unpaired) electrons. The van der Waals surface area contributed by atoms with Gasteiger partial charge in [0.05, 0.1) is 6.61 Å². The van der Waals surface area contributed by atoms with Gasteiger partial charge < -0.3 is 15.4 Å². The van der Waals surface area contributed by atoms with Gasteiger partial charge in [0.2, 0.25) is 0 Å². The largest absolute Gasteiger partial charge is 0.381 e. The summed E-state index contributed by atoms with van der Waals surface area (Å²) in [6.45, 7) is 3.88. The fourth-order valence-electron chi connectivity index (χ4n) is 2.48. The Balaban J connectivity index is 1.76. The van der Waals surface area contributed by atoms with Crippen molar-refractivity contribution < 1.29 is 4.74 Å². The van der Waals surface area contributed by atoms with Gasteiger partial charge in [0.25, 0.3) is 0 Å². The van der Waals surface area contributed by atoms with E-state index in [1.54, 1.807) is 0 Å². The van der Waals surface area contributed by atoms with E-state index in [-0.39, 0.29) is 0 Å². The van der Waals surface area contributed by atoms with Crippen LogP contribution < -0.4 is 5.73 Å². The van der Waals surface area contributed by atoms with Crippen LogP contribution >= 0.6 is 0 Å². The molecule has 2 fully saturated rings. The van der Waals surface area contributed by atoms with Crippen LogP contribution in [-0.2, 0) is 4.74 Å². The van der Waals surface area contributed by atoms with Crippen LogP contribution in [0.4, 0.5) is 0 Å². The second-order valence-corrected chi connectivity index (χ2v) is 4.81. The van der Waals surface area contributed by atoms with Crippen molar-refractivity contribution in [3.05, 3.63) is 0 Å². The zero-order valence-corrected chi connectivity index (χ0v) is 9.11. The van der Waals surface area contributed by atoms with Crippen LogP contribution in [0.3, 0.4) is 0 Å². The van der Waals surface area contributed by atoms with E-state index < -0.39 is 0 Å². The molecule has 14 heavy (non-hydrogen) atoms. The van der Waals surface area contributed by atoms with Crippen LogP contribution in [0.25, 0.3) is 0 Å². The normalized spacial score (nSPS) is 29.8. The zero-order chi connectivity index (χ0) is 9.97. The van der Waals surface area contributed by atoms with E-state index in [0.29, 0.717) is 6.04 Å². The van der Waals surface area contributed by atoms with Crippen molar-refractivity contribution >= 4 is 0 Å². The Hall–Kier alpha value is -0.120. The number of hydrogen-bond donors (Lipinski definition) is 1. The minimum absolute atomic E-state index is 0.621. The molecule has 1 saturated heterocycles. The van der Waals surface area contributed by atoms with Crippen LogP contribution in [0.5, 0.6) is 0 Å². The Bertz CT molecular complexity index is 176. The van der Waals surface area contributed by atoms with Gasteiger partial charge in [-0.25, -0.2) is 0 Å². The molecule has 1 aliphatic carbocycles. The molecule has 1 aliphatic heterocycles. The molecule has 2 aliphatic rings. The predicted molar refractivity (Wildman–Crippen MR) is 57.1 cm³/mol. The number of nitrogens with zero attached hydrogens (tertiary/aromatic N) is 1. The lowest BCUT2D eigenvalue weighted by Crippen LogP contribution is -2.42. The number of nitrogens with two attached hydrogens (primary N) is 1. The minimum Gasteiger partial charge on any atom is -0.381 e. The summed E-state index contributed by atoms with van der Waals surface area (Å²) in [6.07, 6.45) is 3.99. The summed E-state index contributed by atoms with van der Waals surface area (Å²) < 4.78 is 5.39. The fourth-order valence-corrected chi connectivity index (χ4v) is 2.48. The summed E-state index contributed by atoms with van der Waals surface area (Å²) in [5.41, 5.74) is 5.82. The standard InChI is InChI=1S/C11H22N2O/c1-13(7-9-4-5-14-8-9)11(6-12)10-2-3-10/h9-11H,2-8,12H2,1H3. The molecular formula is C11H22N2O. The van der Waals surface area contributed by atoms with Gasteiger partial charge in [0.15, 0.2) is 0 Å². The molecule has 2 atom stereocenters. The number of hydrogen-bond acceptors (Lipinski definition) is 3. The van der Waals surface area contributed by atoms with Crippen LogP contribution in [0.1, 0.15) is 19.3 Å². The Morgan fingerprint density at radius 1 is 1.43 bits per heavy atom. The van der Waals surface area contributed by atoms with Crippen LogP contribution in [-0.4, -0.2) is 44.3 Å². The maximum absolute atomic E-state index is 5.82. The maximum atomic E-state index is 5.82. The first-order valence-corrected chi connectivity index (χ1v) is 5.79. The summed E-state index contributed by atoms with van der Waals surface area (Å²) in [7, 11) is 2.22. The Morgan fingerprint density at radius 3 is 2.71 bits per heavy atom. The summed E-state index contributed by atoms with van der Waals surface area (Å²) >= 11 is 0. The van der Waals surface area contributed by atoms with Gasteiger partial charge >= 0.3 is 0 Å². The second kappa shape index (κ2) is 4.60. The molecule has 2 N–H and O–H groups in total. The average molecular weight is 198 g/mol. The van der Waals surface area contributed by atoms with Crippen molar-refractivity contribution in [3.63, 3.8) is 0 Å². The SMILES string of the molecule is CN(CC1CCOC1)C(CN)C1CC1. The van der Waals surface area contributed by atoms with Gasteiger partial charge in [-0.2, -0.15) is 0 Å². The molecule has 0 aromatic rings. The molecule has 3 nitrogen and oxygen atoms in total. The molecule has 2 rings (SSSR count). The first kappa shape index (κ1) is 10.4. The van der Waals surface area contributed by atoms with Gasteiger partial charge in [-0.05, 0) is 38.1 Å². The highest BCUT2D eigenvalue weighted by Crippen LogP contribution is 2.34. The van der Waals surface area contributed by atoms with Crippen LogP contribution in [0.15, 0.2) is 0 Å². The number of rotatable bonds is 5. The third kappa shape index (κ3) is 2.47. The molecule has 1 heterocycles. The van der Waals surface area contributed by atoms with Gasteiger partial charge in [0, 0.05) is 25.7 Å². The van der Waals surface area contributed by atoms with E-state index in [2.05, 4.69) is 11.9 Å². The average Bonchev–Trinajstić information content (AvgIpc) is 2.86. The van der Waals surface area contributed by atoms with Crippen molar-refractivity contribution in [1.82, 2.24) is 4.90 Å². The van der Waals surface area contributed by atoms with E-state index >= 15 is 0 Å². The van der Waals surface area contributed by atoms with E-state index in [0.717, 1.165) is 31.6 Å². The van der Waals surface area contributed by atoms with Crippen molar-refractivity contribution in [3.8, 4) is 0 Å². The summed E-state index contributed by atoms with van der Waals surface area (Å²) in [5, 5.41) is 0. The molecule has 0 bridgehead atoms. The maximum Gasteiger partial charge on any atom is 0.0507 e. The number of likely N-dealkylation sites (N-methyl/N-ethyl adjacent to an activating group) is 1. The van der Waals surface area contributed by atoms with Crippen molar-refractivity contribution in [2.45, 2.75) is 25.3 Å². The van der Waals surface area contributed by atoms with Gasteiger partial charge in [-0.1, -0.05) is 0 Å². The molecule has 82 valence electrons. The summed E-state index contributed by atoms with van der Waals surface area (Å²) in [6, 6.07) is 0.621. The van der Waals surface area contributed by atoms with E-state index in [1.807, 2.05) is 0 Å². The smallest absolute Gasteiger partial charge is 0.0507 e. The number of ether oxygens (including phenoxy) is 1. The molecule has 0 spiro atoms. The molecule has 0 aromatic heterocycles. The highest BCUT2D eigenvalue weighted by Gasteiger charge is 2.33. The van der Waals surface area contributed by atoms with Gasteiger partial charge in [-0.15, -0.1) is 0 Å². The van der Waals surface area contributed by atoms with Crippen molar-refractivity contribution in [2.24, 2.45) is 17.6 Å². The second-order valence-electron chi connectivity index (χ2n) is 4.81. The highest BCUT2D eigenvalue weighted by atomic mass is 16.5. The fraction of sp³-hybridized carbons (Fsp3) is 1.00. The summed E-state index contributed by atoms with van der Waals surface area (Å²) in [5.74, 6) is 1.63. The molecule has 2 unspecified atom stereocenters. The first-order valence-electron chi connectivity index (χ1n) is 5.79. The third-order valence-electron chi connectivity index (χ3n) is 3.54. The van der Waals surface area contributed by atoms with Crippen LogP contribution in [0.2, 0.25) is 0 Å². The van der Waals surface area contributed by atoms with E-state index in [1.165, 1.54) is 25.8 Å². The van der Waals surface area contributed by atoms with Crippen LogP contribution in [0, 0.1) is 11.8 Å². The Morgan fingerprint density at radius 2 is 2.21 bits per heavy atom. The lowest BCUT2D eigenvalue weighted by atomic mass is 10.1. The predicted octanol–water partition coefficient (Wildman–Crippen LogP) is 0.692. The molecule has 1 saturated carbocycles.